The maximum Gasteiger partial charge on any atom is 0.313 e. The number of allylic oxidation sites excluding steroid dienone is 1. The molecule has 4 aliphatic heterocycles. The lowest BCUT2D eigenvalue weighted by Gasteiger charge is -2.39. The van der Waals surface area contributed by atoms with Crippen molar-refractivity contribution in [3.8, 4) is 0 Å². The molecule has 2 N–H and O–H groups in total. The molecule has 2 aromatic carbocycles. The van der Waals surface area contributed by atoms with E-state index in [0.29, 0.717) is 33.9 Å². The van der Waals surface area contributed by atoms with E-state index >= 15 is 4.79 Å². The number of aromatic nitrogens is 3. The van der Waals surface area contributed by atoms with Crippen molar-refractivity contribution in [1.82, 2.24) is 30.1 Å². The third-order valence-corrected chi connectivity index (χ3v) is 10.9. The van der Waals surface area contributed by atoms with Crippen molar-refractivity contribution >= 4 is 50.7 Å². The van der Waals surface area contributed by atoms with Crippen molar-refractivity contribution in [2.45, 2.75) is 69.7 Å². The summed E-state index contributed by atoms with van der Waals surface area (Å²) >= 11 is 3.60. The minimum absolute atomic E-state index is 0.00401. The van der Waals surface area contributed by atoms with Gasteiger partial charge in [-0.05, 0) is 42.5 Å². The maximum atomic E-state index is 15.2. The first-order chi connectivity index (χ1) is 24.6. The average Bonchev–Trinajstić information content (AvgIpc) is 3.85. The fraction of sp³-hybridized carbons (Fsp3) is 0.459. The Bertz CT molecular complexity index is 1880. The summed E-state index contributed by atoms with van der Waals surface area (Å²) < 4.78 is 15.0. The molecule has 7 rings (SSSR count). The van der Waals surface area contributed by atoms with E-state index in [1.807, 2.05) is 80.6 Å². The lowest BCUT2D eigenvalue weighted by Crippen LogP contribution is -2.58. The summed E-state index contributed by atoms with van der Waals surface area (Å²) in [7, 11) is 0. The van der Waals surface area contributed by atoms with Crippen LogP contribution < -0.4 is 5.32 Å². The van der Waals surface area contributed by atoms with E-state index < -0.39 is 59.5 Å². The van der Waals surface area contributed by atoms with Crippen molar-refractivity contribution < 1.29 is 33.8 Å². The lowest BCUT2D eigenvalue weighted by atomic mass is 9.74. The number of esters is 1. The van der Waals surface area contributed by atoms with E-state index in [-0.39, 0.29) is 44.6 Å². The minimum Gasteiger partial charge on any atom is -0.455 e. The molecule has 2 fully saturated rings. The van der Waals surface area contributed by atoms with E-state index in [1.54, 1.807) is 15.7 Å². The average molecular weight is 762 g/mol. The van der Waals surface area contributed by atoms with Gasteiger partial charge < -0.3 is 29.7 Å². The van der Waals surface area contributed by atoms with Crippen LogP contribution in [0.25, 0.3) is 11.0 Å². The van der Waals surface area contributed by atoms with Crippen molar-refractivity contribution in [3.05, 3.63) is 82.9 Å². The van der Waals surface area contributed by atoms with Crippen LogP contribution >= 0.6 is 15.9 Å². The van der Waals surface area contributed by atoms with E-state index in [0.717, 1.165) is 0 Å². The zero-order chi connectivity index (χ0) is 35.9. The van der Waals surface area contributed by atoms with Gasteiger partial charge in [0.15, 0.2) is 0 Å². The number of ether oxygens (including phenoxy) is 2. The summed E-state index contributed by atoms with van der Waals surface area (Å²) in [6, 6.07) is 14.6. The first-order valence-corrected chi connectivity index (χ1v) is 18.2. The minimum atomic E-state index is -1.53. The van der Waals surface area contributed by atoms with Gasteiger partial charge in [0, 0.05) is 17.4 Å². The Morgan fingerprint density at radius 3 is 2.57 bits per heavy atom. The Morgan fingerprint density at radius 1 is 1.04 bits per heavy atom. The highest BCUT2D eigenvalue weighted by molar-refractivity contribution is 9.11. The highest BCUT2D eigenvalue weighted by atomic mass is 79.9. The van der Waals surface area contributed by atoms with Gasteiger partial charge in [-0.25, -0.2) is 4.68 Å². The molecular weight excluding hydrogens is 720 g/mol. The van der Waals surface area contributed by atoms with Crippen LogP contribution in [0.2, 0.25) is 0 Å². The lowest BCUT2D eigenvalue weighted by molar-refractivity contribution is -0.160. The van der Waals surface area contributed by atoms with E-state index in [1.165, 1.54) is 4.90 Å². The smallest absolute Gasteiger partial charge is 0.313 e. The fourth-order valence-electron chi connectivity index (χ4n) is 7.94. The number of cyclic esters (lactones) is 1. The van der Waals surface area contributed by atoms with Crippen molar-refractivity contribution in [2.24, 2.45) is 17.8 Å². The van der Waals surface area contributed by atoms with Crippen molar-refractivity contribution in [3.63, 3.8) is 0 Å². The normalized spacial score (nSPS) is 29.7. The molecule has 0 unspecified atom stereocenters. The van der Waals surface area contributed by atoms with Crippen LogP contribution in [0.4, 0.5) is 0 Å². The molecule has 3 aromatic rings. The molecule has 3 amide bonds. The van der Waals surface area contributed by atoms with Gasteiger partial charge in [-0.1, -0.05) is 89.6 Å². The van der Waals surface area contributed by atoms with E-state index in [4.69, 9.17) is 9.47 Å². The van der Waals surface area contributed by atoms with Crippen molar-refractivity contribution in [2.75, 3.05) is 19.7 Å². The first kappa shape index (κ1) is 35.0. The highest BCUT2D eigenvalue weighted by Gasteiger charge is 2.75. The molecule has 0 saturated carbocycles. The Morgan fingerprint density at radius 2 is 1.80 bits per heavy atom. The van der Waals surface area contributed by atoms with Gasteiger partial charge in [0.2, 0.25) is 11.8 Å². The number of fused-ring (bicyclic) bond motifs is 3. The number of carbonyl (C=O) groups excluding carboxylic acids is 4. The molecule has 13 nitrogen and oxygen atoms in total. The molecule has 5 heterocycles. The molecule has 5 bridgehead atoms. The van der Waals surface area contributed by atoms with Gasteiger partial charge in [0.25, 0.3) is 5.91 Å². The number of carbonyl (C=O) groups is 4. The predicted octanol–water partition coefficient (Wildman–Crippen LogP) is 3.25. The van der Waals surface area contributed by atoms with Crippen LogP contribution in [-0.2, 0) is 35.3 Å². The Kier molecular flexibility index (Phi) is 9.83. The molecule has 14 heteroatoms. The zero-order valence-electron chi connectivity index (χ0n) is 28.4. The largest absolute Gasteiger partial charge is 0.455 e. The summed E-state index contributed by atoms with van der Waals surface area (Å²) in [6.45, 7) is 3.73. The molecule has 4 aliphatic rings. The summed E-state index contributed by atoms with van der Waals surface area (Å²) in [4.78, 5) is 60.3. The second kappa shape index (κ2) is 14.3. The number of aliphatic hydroxyl groups is 1. The predicted molar refractivity (Wildman–Crippen MR) is 188 cm³/mol. The first-order valence-electron chi connectivity index (χ1n) is 17.4. The Labute approximate surface area is 303 Å². The van der Waals surface area contributed by atoms with Gasteiger partial charge in [-0.3, -0.25) is 19.2 Å². The monoisotopic (exact) mass is 760 g/mol. The number of likely N-dealkylation sites (tertiary alicyclic amines) is 1. The molecule has 0 radical (unpaired) electrons. The topological polar surface area (TPSA) is 156 Å². The van der Waals surface area contributed by atoms with Gasteiger partial charge in [0.1, 0.15) is 42.0 Å². The van der Waals surface area contributed by atoms with Crippen LogP contribution in [0.15, 0.2) is 77.3 Å². The third kappa shape index (κ3) is 6.38. The van der Waals surface area contributed by atoms with Crippen molar-refractivity contribution in [1.29, 1.82) is 0 Å². The van der Waals surface area contributed by atoms with Gasteiger partial charge in [-0.15, -0.1) is 5.10 Å². The number of nitrogens with zero attached hydrogens (tertiary/aromatic N) is 5. The van der Waals surface area contributed by atoms with Gasteiger partial charge in [0.05, 0.1) is 30.6 Å². The van der Waals surface area contributed by atoms with Crippen LogP contribution in [0.1, 0.15) is 44.8 Å². The van der Waals surface area contributed by atoms with Gasteiger partial charge in [-0.2, -0.15) is 0 Å². The SMILES string of the molecule is CC(C)C[C@H](CO)N1C(=O)[C@@H]2[C@H]3C(=O)O[C@@H](c4ccccc4)CNC(=O)CC/C=C\CN(Cn4nnc5ccccc54)C(=O)[C@@H]1[C@]21C=C(Br)[C@H]3O1. The van der Waals surface area contributed by atoms with Gasteiger partial charge >= 0.3 is 5.97 Å². The number of nitrogens with one attached hydrogen (secondary N) is 1. The van der Waals surface area contributed by atoms with Crippen LogP contribution in [-0.4, -0.2) is 97.1 Å². The number of aliphatic hydroxyl groups excluding tert-OH is 1. The molecular formula is C37H41BrN6O7. The van der Waals surface area contributed by atoms with Crippen LogP contribution in [0.3, 0.4) is 0 Å². The number of benzene rings is 2. The summed E-state index contributed by atoms with van der Waals surface area (Å²) in [5, 5.41) is 22.2. The second-order valence-corrected chi connectivity index (χ2v) is 14.9. The number of para-hydroxylation sites is 1. The standard InChI is InChI=1S/C37H41BrN6O7/c1-22(2)17-24(20-45)44-33-35(48)42(21-43-27-14-9-8-13-26(27)40-41-43)16-10-4-7-15-29(46)39-19-28(23-11-5-3-6-12-23)50-36(49)30-31(34(44)47)37(33)18-25(38)32(30)51-37/h3-6,8-14,18,22,24,28,30-33,45H,7,15-17,19-21H2,1-2H3,(H,39,46)/b10-4-/t24-,28-,30-,31+,32-,33-,37+/m1/s1. The molecule has 2 saturated heterocycles. The number of hydrogen-bond acceptors (Lipinski definition) is 9. The quantitative estimate of drug-likeness (QED) is 0.273. The summed E-state index contributed by atoms with van der Waals surface area (Å²) in [5.41, 5.74) is 0.528. The third-order valence-electron chi connectivity index (χ3n) is 10.2. The number of amides is 3. The van der Waals surface area contributed by atoms with Crippen LogP contribution in [0, 0.1) is 17.8 Å². The molecule has 1 spiro atoms. The number of rotatable bonds is 7. The molecule has 7 atom stereocenters. The number of hydrogen-bond donors (Lipinski definition) is 2. The van der Waals surface area contributed by atoms with Crippen LogP contribution in [0.5, 0.6) is 0 Å². The fourth-order valence-corrected chi connectivity index (χ4v) is 8.67. The molecule has 0 aliphatic carbocycles. The zero-order valence-corrected chi connectivity index (χ0v) is 30.0. The summed E-state index contributed by atoms with van der Waals surface area (Å²) in [6.07, 6.45) is 4.70. The van der Waals surface area contributed by atoms with E-state index in [2.05, 4.69) is 31.6 Å². The Hall–Kier alpha value is -4.40. The second-order valence-electron chi connectivity index (χ2n) is 14.0. The highest BCUT2D eigenvalue weighted by Crippen LogP contribution is 2.59. The van der Waals surface area contributed by atoms with E-state index in [9.17, 15) is 19.5 Å². The molecule has 51 heavy (non-hydrogen) atoms. The molecule has 1 aromatic heterocycles. The number of halogens is 1. The molecule has 268 valence electrons. The maximum absolute atomic E-state index is 15.2. The Balaban J connectivity index is 1.34. The summed E-state index contributed by atoms with van der Waals surface area (Å²) in [5.74, 6) is -3.91.